The Morgan fingerprint density at radius 1 is 1.22 bits per heavy atom. The van der Waals surface area contributed by atoms with Crippen molar-refractivity contribution in [3.8, 4) is 5.75 Å². The predicted octanol–water partition coefficient (Wildman–Crippen LogP) is 2.64. The van der Waals surface area contributed by atoms with Gasteiger partial charge in [-0.25, -0.2) is 0 Å². The van der Waals surface area contributed by atoms with Gasteiger partial charge in [0, 0.05) is 12.6 Å². The van der Waals surface area contributed by atoms with E-state index >= 15 is 0 Å². The SMILES string of the molecule is Cc1cc(C)c(C)c(OCc2cc(CN)no2)c1. The Morgan fingerprint density at radius 2 is 2.00 bits per heavy atom. The number of ether oxygens (including phenoxy) is 1. The first-order valence-electron chi connectivity index (χ1n) is 5.95. The molecule has 0 spiro atoms. The van der Waals surface area contributed by atoms with Crippen molar-refractivity contribution < 1.29 is 9.26 Å². The highest BCUT2D eigenvalue weighted by Crippen LogP contribution is 2.24. The first kappa shape index (κ1) is 12.6. The normalized spacial score (nSPS) is 10.7. The third kappa shape index (κ3) is 2.71. The standard InChI is InChI=1S/C14H18N2O2/c1-9-4-10(2)11(3)14(5-9)17-8-13-6-12(7-15)16-18-13/h4-6H,7-8,15H2,1-3H3. The van der Waals surface area contributed by atoms with E-state index in [4.69, 9.17) is 15.0 Å². The van der Waals surface area contributed by atoms with Gasteiger partial charge in [0.15, 0.2) is 5.76 Å². The molecule has 4 nitrogen and oxygen atoms in total. The van der Waals surface area contributed by atoms with Crippen LogP contribution in [0.1, 0.15) is 28.1 Å². The van der Waals surface area contributed by atoms with Gasteiger partial charge >= 0.3 is 0 Å². The number of nitrogens with zero attached hydrogens (tertiary/aromatic N) is 1. The van der Waals surface area contributed by atoms with Crippen molar-refractivity contribution in [2.75, 3.05) is 0 Å². The lowest BCUT2D eigenvalue weighted by atomic mass is 10.1. The third-order valence-electron chi connectivity index (χ3n) is 2.95. The molecule has 0 aliphatic heterocycles. The number of hydrogen-bond acceptors (Lipinski definition) is 4. The van der Waals surface area contributed by atoms with Crippen LogP contribution in [0, 0.1) is 20.8 Å². The van der Waals surface area contributed by atoms with E-state index in [0.29, 0.717) is 18.9 Å². The minimum Gasteiger partial charge on any atom is -0.485 e. The fourth-order valence-electron chi connectivity index (χ4n) is 1.82. The molecule has 0 radical (unpaired) electrons. The first-order valence-corrected chi connectivity index (χ1v) is 5.95. The summed E-state index contributed by atoms with van der Waals surface area (Å²) in [6, 6.07) is 5.99. The van der Waals surface area contributed by atoms with E-state index in [2.05, 4.69) is 32.0 Å². The van der Waals surface area contributed by atoms with E-state index in [1.807, 2.05) is 12.1 Å². The molecule has 0 fully saturated rings. The lowest BCUT2D eigenvalue weighted by Gasteiger charge is -2.11. The van der Waals surface area contributed by atoms with E-state index in [1.54, 1.807) is 0 Å². The lowest BCUT2D eigenvalue weighted by molar-refractivity contribution is 0.247. The molecule has 0 aliphatic rings. The number of aromatic nitrogens is 1. The Hall–Kier alpha value is -1.81. The second kappa shape index (κ2) is 5.23. The number of hydrogen-bond donors (Lipinski definition) is 1. The molecule has 2 aromatic rings. The van der Waals surface area contributed by atoms with Crippen LogP contribution in [0.2, 0.25) is 0 Å². The van der Waals surface area contributed by atoms with Gasteiger partial charge in [-0.1, -0.05) is 11.2 Å². The summed E-state index contributed by atoms with van der Waals surface area (Å²) in [6.45, 7) is 6.94. The van der Waals surface area contributed by atoms with Gasteiger partial charge in [0.25, 0.3) is 0 Å². The van der Waals surface area contributed by atoms with Crippen LogP contribution >= 0.6 is 0 Å². The van der Waals surface area contributed by atoms with Crippen molar-refractivity contribution in [3.63, 3.8) is 0 Å². The molecule has 0 saturated heterocycles. The van der Waals surface area contributed by atoms with Crippen molar-refractivity contribution in [2.24, 2.45) is 5.73 Å². The maximum absolute atomic E-state index is 5.77. The fraction of sp³-hybridized carbons (Fsp3) is 0.357. The molecule has 0 unspecified atom stereocenters. The second-order valence-corrected chi connectivity index (χ2v) is 4.48. The zero-order valence-corrected chi connectivity index (χ0v) is 11.0. The summed E-state index contributed by atoms with van der Waals surface area (Å²) in [5.41, 5.74) is 9.78. The summed E-state index contributed by atoms with van der Waals surface area (Å²) in [6.07, 6.45) is 0. The van der Waals surface area contributed by atoms with Gasteiger partial charge in [-0.2, -0.15) is 0 Å². The summed E-state index contributed by atoms with van der Waals surface area (Å²) in [7, 11) is 0. The molecule has 1 heterocycles. The van der Waals surface area contributed by atoms with E-state index in [1.165, 1.54) is 11.1 Å². The molecule has 0 amide bonds. The van der Waals surface area contributed by atoms with Crippen molar-refractivity contribution in [3.05, 3.63) is 46.3 Å². The molecule has 1 aromatic heterocycles. The molecule has 96 valence electrons. The van der Waals surface area contributed by atoms with Crippen LogP contribution < -0.4 is 10.5 Å². The quantitative estimate of drug-likeness (QED) is 0.900. The van der Waals surface area contributed by atoms with Gasteiger partial charge in [0.05, 0.1) is 5.69 Å². The molecule has 0 atom stereocenters. The van der Waals surface area contributed by atoms with Crippen LogP contribution in [0.25, 0.3) is 0 Å². The molecule has 0 aliphatic carbocycles. The summed E-state index contributed by atoms with van der Waals surface area (Å²) in [5.74, 6) is 1.58. The van der Waals surface area contributed by atoms with Gasteiger partial charge < -0.3 is 15.0 Å². The molecule has 2 N–H and O–H groups in total. The molecule has 4 heteroatoms. The van der Waals surface area contributed by atoms with Gasteiger partial charge in [-0.15, -0.1) is 0 Å². The van der Waals surface area contributed by atoms with E-state index < -0.39 is 0 Å². The minimum absolute atomic E-state index is 0.372. The third-order valence-corrected chi connectivity index (χ3v) is 2.95. The van der Waals surface area contributed by atoms with Gasteiger partial charge in [-0.3, -0.25) is 0 Å². The van der Waals surface area contributed by atoms with Crippen molar-refractivity contribution >= 4 is 0 Å². The number of rotatable bonds is 4. The Balaban J connectivity index is 2.10. The van der Waals surface area contributed by atoms with E-state index in [0.717, 1.165) is 17.0 Å². The van der Waals surface area contributed by atoms with Crippen LogP contribution in [0.15, 0.2) is 22.7 Å². The Kier molecular flexibility index (Phi) is 3.67. The maximum atomic E-state index is 5.77. The molecular formula is C14H18N2O2. The fourth-order valence-corrected chi connectivity index (χ4v) is 1.82. The average Bonchev–Trinajstić information content (AvgIpc) is 2.80. The number of nitrogens with two attached hydrogens (primary N) is 1. The van der Waals surface area contributed by atoms with Gasteiger partial charge in [-0.05, 0) is 43.5 Å². The van der Waals surface area contributed by atoms with Gasteiger partial charge in [0.1, 0.15) is 12.4 Å². The van der Waals surface area contributed by atoms with E-state index in [9.17, 15) is 0 Å². The van der Waals surface area contributed by atoms with Gasteiger partial charge in [0.2, 0.25) is 0 Å². The summed E-state index contributed by atoms with van der Waals surface area (Å²) >= 11 is 0. The zero-order chi connectivity index (χ0) is 13.1. The Bertz CT molecular complexity index is 547. The van der Waals surface area contributed by atoms with Crippen LogP contribution in [0.5, 0.6) is 5.75 Å². The molecule has 0 bridgehead atoms. The van der Waals surface area contributed by atoms with Crippen molar-refractivity contribution in [2.45, 2.75) is 33.9 Å². The summed E-state index contributed by atoms with van der Waals surface area (Å²) in [4.78, 5) is 0. The molecule has 1 aromatic carbocycles. The monoisotopic (exact) mass is 246 g/mol. The highest BCUT2D eigenvalue weighted by atomic mass is 16.5. The highest BCUT2D eigenvalue weighted by molar-refractivity contribution is 5.41. The summed E-state index contributed by atoms with van der Waals surface area (Å²) in [5, 5.41) is 3.82. The predicted molar refractivity (Wildman–Crippen MR) is 69.4 cm³/mol. The lowest BCUT2D eigenvalue weighted by Crippen LogP contribution is -1.98. The first-order chi connectivity index (χ1) is 8.60. The largest absolute Gasteiger partial charge is 0.485 e. The number of aryl methyl sites for hydroxylation is 2. The van der Waals surface area contributed by atoms with Crippen LogP contribution in [-0.2, 0) is 13.2 Å². The number of benzene rings is 1. The smallest absolute Gasteiger partial charge is 0.174 e. The zero-order valence-electron chi connectivity index (χ0n) is 11.0. The molecule has 0 saturated carbocycles. The van der Waals surface area contributed by atoms with Crippen LogP contribution in [0.3, 0.4) is 0 Å². The van der Waals surface area contributed by atoms with E-state index in [-0.39, 0.29) is 0 Å². The Labute approximate surface area is 107 Å². The van der Waals surface area contributed by atoms with Crippen LogP contribution in [0.4, 0.5) is 0 Å². The molecular weight excluding hydrogens is 228 g/mol. The molecule has 18 heavy (non-hydrogen) atoms. The average molecular weight is 246 g/mol. The Morgan fingerprint density at radius 3 is 2.67 bits per heavy atom. The maximum Gasteiger partial charge on any atom is 0.174 e. The highest BCUT2D eigenvalue weighted by Gasteiger charge is 2.07. The summed E-state index contributed by atoms with van der Waals surface area (Å²) < 4.78 is 10.9. The van der Waals surface area contributed by atoms with Crippen molar-refractivity contribution in [1.29, 1.82) is 0 Å². The van der Waals surface area contributed by atoms with Crippen molar-refractivity contribution in [1.82, 2.24) is 5.16 Å². The minimum atomic E-state index is 0.372. The molecule has 2 rings (SSSR count). The van der Waals surface area contributed by atoms with Crippen LogP contribution in [-0.4, -0.2) is 5.16 Å². The topological polar surface area (TPSA) is 61.3 Å². The second-order valence-electron chi connectivity index (χ2n) is 4.48.